The summed E-state index contributed by atoms with van der Waals surface area (Å²) in [5, 5.41) is 0. The summed E-state index contributed by atoms with van der Waals surface area (Å²) in [4.78, 5) is -0.572. The lowest BCUT2D eigenvalue weighted by atomic mass is 10.2. The minimum atomic E-state index is -4.91. The molecular weight excluding hydrogens is 293 g/mol. The molecule has 0 N–H and O–H groups in total. The van der Waals surface area contributed by atoms with E-state index in [0.29, 0.717) is 13.1 Å². The van der Waals surface area contributed by atoms with E-state index in [-0.39, 0.29) is 5.56 Å². The highest BCUT2D eigenvalue weighted by atomic mass is 32.3. The number of rotatable bonds is 4. The molecule has 0 aliphatic carbocycles. The van der Waals surface area contributed by atoms with Crippen molar-refractivity contribution in [2.45, 2.75) is 23.5 Å². The molecule has 8 heteroatoms. The van der Waals surface area contributed by atoms with Crippen LogP contribution in [0.4, 0.5) is 3.89 Å². The summed E-state index contributed by atoms with van der Waals surface area (Å²) in [7, 11) is -8.51. The van der Waals surface area contributed by atoms with Gasteiger partial charge in [0.25, 0.3) is 0 Å². The fourth-order valence-corrected chi connectivity index (χ4v) is 4.54. The second-order valence-electron chi connectivity index (χ2n) is 4.41. The summed E-state index contributed by atoms with van der Waals surface area (Å²) in [6.07, 6.45) is 1.59. The lowest BCUT2D eigenvalue weighted by Gasteiger charge is -2.16. The molecule has 1 aromatic rings. The van der Waals surface area contributed by atoms with Gasteiger partial charge in [-0.25, -0.2) is 12.7 Å². The van der Waals surface area contributed by atoms with Gasteiger partial charge in [-0.1, -0.05) is 18.2 Å². The highest BCUT2D eigenvalue weighted by Crippen LogP contribution is 2.23. The number of nitrogens with zero attached hydrogens (tertiary/aromatic N) is 1. The lowest BCUT2D eigenvalue weighted by molar-refractivity contribution is 0.476. The molecule has 5 nitrogen and oxygen atoms in total. The summed E-state index contributed by atoms with van der Waals surface area (Å²) in [6.45, 7) is 0.875. The fraction of sp³-hybridized carbons (Fsp3) is 0.455. The van der Waals surface area contributed by atoms with Gasteiger partial charge in [0, 0.05) is 13.1 Å². The van der Waals surface area contributed by atoms with E-state index >= 15 is 0 Å². The van der Waals surface area contributed by atoms with Gasteiger partial charge in [0.05, 0.1) is 5.75 Å². The molecule has 0 aromatic heterocycles. The smallest absolute Gasteiger partial charge is 0.212 e. The quantitative estimate of drug-likeness (QED) is 0.785. The third-order valence-electron chi connectivity index (χ3n) is 3.03. The van der Waals surface area contributed by atoms with Gasteiger partial charge in [-0.3, -0.25) is 0 Å². The van der Waals surface area contributed by atoms with Crippen LogP contribution in [0.25, 0.3) is 0 Å². The van der Waals surface area contributed by atoms with Gasteiger partial charge in [0.2, 0.25) is 10.0 Å². The van der Waals surface area contributed by atoms with E-state index in [1.807, 2.05) is 0 Å². The summed E-state index contributed by atoms with van der Waals surface area (Å²) in [6, 6.07) is 5.24. The van der Waals surface area contributed by atoms with E-state index in [1.165, 1.54) is 22.5 Å². The Bertz CT molecular complexity index is 664. The molecule has 1 aliphatic heterocycles. The first kappa shape index (κ1) is 14.4. The number of hydrogen-bond acceptors (Lipinski definition) is 4. The first-order valence-electron chi connectivity index (χ1n) is 5.81. The molecule has 0 amide bonds. The maximum Gasteiger partial charge on any atom is 0.332 e. The zero-order valence-electron chi connectivity index (χ0n) is 10.1. The van der Waals surface area contributed by atoms with Crippen molar-refractivity contribution in [1.82, 2.24) is 4.31 Å². The van der Waals surface area contributed by atoms with Gasteiger partial charge in [0.15, 0.2) is 0 Å². The number of halogens is 1. The molecular formula is C11H14FNO4S2. The van der Waals surface area contributed by atoms with Gasteiger partial charge < -0.3 is 0 Å². The molecule has 0 radical (unpaired) electrons. The second-order valence-corrected chi connectivity index (χ2v) is 7.69. The third kappa shape index (κ3) is 3.31. The van der Waals surface area contributed by atoms with E-state index in [1.54, 1.807) is 0 Å². The minimum absolute atomic E-state index is 0.0306. The van der Waals surface area contributed by atoms with Gasteiger partial charge in [0.1, 0.15) is 4.90 Å². The highest BCUT2D eigenvalue weighted by Gasteiger charge is 2.28. The largest absolute Gasteiger partial charge is 0.332 e. The Morgan fingerprint density at radius 3 is 2.21 bits per heavy atom. The molecule has 2 rings (SSSR count). The van der Waals surface area contributed by atoms with Crippen molar-refractivity contribution in [3.05, 3.63) is 29.8 Å². The molecule has 1 aromatic carbocycles. The Balaban J connectivity index is 2.34. The van der Waals surface area contributed by atoms with Gasteiger partial charge >= 0.3 is 10.2 Å². The number of sulfonamides is 1. The monoisotopic (exact) mass is 307 g/mol. The zero-order valence-corrected chi connectivity index (χ0v) is 11.8. The Labute approximate surface area is 112 Å². The van der Waals surface area contributed by atoms with Crippen LogP contribution >= 0.6 is 0 Å². The molecule has 1 aliphatic rings. The summed E-state index contributed by atoms with van der Waals surface area (Å²) < 4.78 is 60.6. The Kier molecular flexibility index (Phi) is 3.93. The molecule has 19 heavy (non-hydrogen) atoms. The Morgan fingerprint density at radius 1 is 1.05 bits per heavy atom. The van der Waals surface area contributed by atoms with E-state index < -0.39 is 30.9 Å². The SMILES string of the molecule is O=S(=O)(F)c1ccccc1CS(=O)(=O)N1CCCC1. The topological polar surface area (TPSA) is 71.5 Å². The maximum absolute atomic E-state index is 13.1. The normalized spacial score (nSPS) is 17.7. The second kappa shape index (κ2) is 5.18. The van der Waals surface area contributed by atoms with Crippen molar-refractivity contribution in [3.8, 4) is 0 Å². The van der Waals surface area contributed by atoms with Gasteiger partial charge in [-0.2, -0.15) is 8.42 Å². The zero-order chi connectivity index (χ0) is 14.1. The summed E-state index contributed by atoms with van der Waals surface area (Å²) in [5.74, 6) is -0.494. The Morgan fingerprint density at radius 2 is 1.63 bits per heavy atom. The average molecular weight is 307 g/mol. The van der Waals surface area contributed by atoms with Crippen LogP contribution in [-0.2, 0) is 26.0 Å². The third-order valence-corrected chi connectivity index (χ3v) is 5.78. The molecule has 1 saturated heterocycles. The van der Waals surface area contributed by atoms with Crippen LogP contribution in [0.15, 0.2) is 29.2 Å². The van der Waals surface area contributed by atoms with Crippen LogP contribution in [0, 0.1) is 0 Å². The Hall–Kier alpha value is -0.990. The van der Waals surface area contributed by atoms with Gasteiger partial charge in [-0.05, 0) is 24.5 Å². The van der Waals surface area contributed by atoms with E-state index in [2.05, 4.69) is 0 Å². The van der Waals surface area contributed by atoms with Crippen molar-refractivity contribution in [3.63, 3.8) is 0 Å². The molecule has 0 spiro atoms. The fourth-order valence-electron chi connectivity index (χ4n) is 2.12. The van der Waals surface area contributed by atoms with Gasteiger partial charge in [-0.15, -0.1) is 3.89 Å². The average Bonchev–Trinajstić information content (AvgIpc) is 2.81. The minimum Gasteiger partial charge on any atom is -0.212 e. The van der Waals surface area contributed by atoms with Crippen LogP contribution in [0.3, 0.4) is 0 Å². The van der Waals surface area contributed by atoms with Crippen LogP contribution in [0.1, 0.15) is 18.4 Å². The number of hydrogen-bond donors (Lipinski definition) is 0. The lowest BCUT2D eigenvalue weighted by Crippen LogP contribution is -2.29. The maximum atomic E-state index is 13.1. The summed E-state index contributed by atoms with van der Waals surface area (Å²) in [5.41, 5.74) is -0.0306. The number of benzene rings is 1. The molecule has 1 fully saturated rings. The summed E-state index contributed by atoms with van der Waals surface area (Å²) >= 11 is 0. The predicted molar refractivity (Wildman–Crippen MR) is 68.2 cm³/mol. The molecule has 106 valence electrons. The van der Waals surface area contributed by atoms with Crippen LogP contribution < -0.4 is 0 Å². The molecule has 0 saturated carbocycles. The van der Waals surface area contributed by atoms with E-state index in [9.17, 15) is 20.7 Å². The van der Waals surface area contributed by atoms with Crippen molar-refractivity contribution < 1.29 is 20.7 Å². The molecule has 0 atom stereocenters. The highest BCUT2D eigenvalue weighted by molar-refractivity contribution is 7.88. The molecule has 0 unspecified atom stereocenters. The molecule has 1 heterocycles. The predicted octanol–water partition coefficient (Wildman–Crippen LogP) is 1.27. The first-order chi connectivity index (χ1) is 8.81. The van der Waals surface area contributed by atoms with Crippen molar-refractivity contribution >= 4 is 20.2 Å². The standard InChI is InChI=1S/C11H14FNO4S2/c12-19(16,17)11-6-2-1-5-10(11)9-18(14,15)13-7-3-4-8-13/h1-2,5-6H,3-4,7-9H2. The van der Waals surface area contributed by atoms with E-state index in [0.717, 1.165) is 18.9 Å². The van der Waals surface area contributed by atoms with Crippen molar-refractivity contribution in [1.29, 1.82) is 0 Å². The van der Waals surface area contributed by atoms with Crippen LogP contribution in [-0.4, -0.2) is 34.2 Å². The van der Waals surface area contributed by atoms with Crippen molar-refractivity contribution in [2.75, 3.05) is 13.1 Å². The van der Waals surface area contributed by atoms with Crippen LogP contribution in [0.2, 0.25) is 0 Å². The van der Waals surface area contributed by atoms with Crippen LogP contribution in [0.5, 0.6) is 0 Å². The first-order valence-corrected chi connectivity index (χ1v) is 8.80. The van der Waals surface area contributed by atoms with E-state index in [4.69, 9.17) is 0 Å². The van der Waals surface area contributed by atoms with Crippen molar-refractivity contribution in [2.24, 2.45) is 0 Å². The molecule has 0 bridgehead atoms.